The fourth-order valence-corrected chi connectivity index (χ4v) is 2.09. The third-order valence-electron chi connectivity index (χ3n) is 2.73. The van der Waals surface area contributed by atoms with Crippen LogP contribution in [0.4, 0.5) is 5.69 Å². The second-order valence-corrected chi connectivity index (χ2v) is 3.53. The Kier molecular flexibility index (Phi) is 1.33. The van der Waals surface area contributed by atoms with Crippen molar-refractivity contribution in [2.75, 3.05) is 5.32 Å². The SMILES string of the molecule is C1=CC[C@H]2Nc3ccccc3C2=C1. The Hall–Kier alpha value is -1.50. The Balaban J connectivity index is 2.18. The van der Waals surface area contributed by atoms with Gasteiger partial charge in [-0.15, -0.1) is 0 Å². The number of rotatable bonds is 0. The Labute approximate surface area is 77.8 Å². The zero-order chi connectivity index (χ0) is 8.67. The van der Waals surface area contributed by atoms with Gasteiger partial charge < -0.3 is 5.32 Å². The highest BCUT2D eigenvalue weighted by molar-refractivity contribution is 5.88. The molecule has 0 amide bonds. The van der Waals surface area contributed by atoms with Crippen LogP contribution < -0.4 is 5.32 Å². The molecular weight excluding hydrogens is 158 g/mol. The molecule has 0 fully saturated rings. The largest absolute Gasteiger partial charge is 0.377 e. The second-order valence-electron chi connectivity index (χ2n) is 3.53. The molecule has 1 N–H and O–H groups in total. The van der Waals surface area contributed by atoms with Gasteiger partial charge >= 0.3 is 0 Å². The molecule has 1 aliphatic carbocycles. The number of nitrogens with one attached hydrogen (secondary N) is 1. The van der Waals surface area contributed by atoms with Crippen LogP contribution in [0.5, 0.6) is 0 Å². The van der Waals surface area contributed by atoms with E-state index in [1.54, 1.807) is 0 Å². The molecule has 0 saturated carbocycles. The molecule has 1 heteroatoms. The number of fused-ring (bicyclic) bond motifs is 3. The van der Waals surface area contributed by atoms with E-state index in [9.17, 15) is 0 Å². The highest BCUT2D eigenvalue weighted by Gasteiger charge is 2.25. The Bertz CT molecular complexity index is 401. The lowest BCUT2D eigenvalue weighted by Crippen LogP contribution is -2.14. The number of anilines is 1. The van der Waals surface area contributed by atoms with Crippen LogP contribution in [-0.2, 0) is 0 Å². The Morgan fingerprint density at radius 1 is 1.23 bits per heavy atom. The maximum atomic E-state index is 3.52. The average molecular weight is 169 g/mol. The third kappa shape index (κ3) is 0.934. The Morgan fingerprint density at radius 2 is 2.15 bits per heavy atom. The minimum Gasteiger partial charge on any atom is -0.377 e. The van der Waals surface area contributed by atoms with Crippen molar-refractivity contribution < 1.29 is 0 Å². The summed E-state index contributed by atoms with van der Waals surface area (Å²) in [4.78, 5) is 0. The number of benzene rings is 1. The molecule has 1 aromatic rings. The first-order valence-electron chi connectivity index (χ1n) is 4.68. The number of hydrogen-bond donors (Lipinski definition) is 1. The van der Waals surface area contributed by atoms with Gasteiger partial charge in [0.05, 0.1) is 6.04 Å². The molecule has 3 rings (SSSR count). The van der Waals surface area contributed by atoms with Gasteiger partial charge in [0.15, 0.2) is 0 Å². The van der Waals surface area contributed by atoms with Crippen molar-refractivity contribution in [1.82, 2.24) is 0 Å². The van der Waals surface area contributed by atoms with Crippen molar-refractivity contribution in [2.24, 2.45) is 0 Å². The number of hydrogen-bond acceptors (Lipinski definition) is 1. The Morgan fingerprint density at radius 3 is 3.15 bits per heavy atom. The molecule has 0 radical (unpaired) electrons. The molecule has 1 heterocycles. The molecular formula is C12H11N. The van der Waals surface area contributed by atoms with E-state index >= 15 is 0 Å². The summed E-state index contributed by atoms with van der Waals surface area (Å²) in [6.45, 7) is 0. The zero-order valence-electron chi connectivity index (χ0n) is 7.33. The minimum atomic E-state index is 0.516. The average Bonchev–Trinajstić information content (AvgIpc) is 2.56. The van der Waals surface area contributed by atoms with E-state index in [1.807, 2.05) is 0 Å². The van der Waals surface area contributed by atoms with Crippen molar-refractivity contribution in [3.63, 3.8) is 0 Å². The van der Waals surface area contributed by atoms with Crippen LogP contribution >= 0.6 is 0 Å². The van der Waals surface area contributed by atoms with E-state index in [0.29, 0.717) is 6.04 Å². The van der Waals surface area contributed by atoms with Crippen LogP contribution in [0.15, 0.2) is 42.5 Å². The van der Waals surface area contributed by atoms with Gasteiger partial charge in [-0.25, -0.2) is 0 Å². The summed E-state index contributed by atoms with van der Waals surface area (Å²) in [6, 6.07) is 9.03. The van der Waals surface area contributed by atoms with Gasteiger partial charge in [0, 0.05) is 11.3 Å². The second kappa shape index (κ2) is 2.49. The van der Waals surface area contributed by atoms with Gasteiger partial charge in [-0.2, -0.15) is 0 Å². The first-order chi connectivity index (χ1) is 6.45. The molecule has 13 heavy (non-hydrogen) atoms. The van der Waals surface area contributed by atoms with Gasteiger partial charge in [0.1, 0.15) is 0 Å². The van der Waals surface area contributed by atoms with E-state index in [2.05, 4.69) is 47.8 Å². The lowest BCUT2D eigenvalue weighted by Gasteiger charge is -2.13. The van der Waals surface area contributed by atoms with Crippen molar-refractivity contribution >= 4 is 11.3 Å². The van der Waals surface area contributed by atoms with Gasteiger partial charge in [0.2, 0.25) is 0 Å². The summed E-state index contributed by atoms with van der Waals surface area (Å²) < 4.78 is 0. The quantitative estimate of drug-likeness (QED) is 0.629. The molecule has 1 atom stereocenters. The van der Waals surface area contributed by atoms with E-state index < -0.39 is 0 Å². The van der Waals surface area contributed by atoms with E-state index in [-0.39, 0.29) is 0 Å². The molecule has 0 unspecified atom stereocenters. The lowest BCUT2D eigenvalue weighted by molar-refractivity contribution is 0.928. The standard InChI is InChI=1S/C12H11N/c1-3-7-11-9(5-1)10-6-2-4-8-12(10)13-11/h1-7,12-13H,8H2/t12-/m1/s1. The fourth-order valence-electron chi connectivity index (χ4n) is 2.09. The van der Waals surface area contributed by atoms with E-state index in [1.165, 1.54) is 16.8 Å². The summed E-state index contributed by atoms with van der Waals surface area (Å²) in [5.41, 5.74) is 4.09. The smallest absolute Gasteiger partial charge is 0.0555 e. The number of para-hydroxylation sites is 1. The van der Waals surface area contributed by atoms with Gasteiger partial charge in [-0.1, -0.05) is 36.4 Å². The predicted octanol–water partition coefficient (Wildman–Crippen LogP) is 2.82. The molecule has 0 aromatic heterocycles. The topological polar surface area (TPSA) is 12.0 Å². The first kappa shape index (κ1) is 6.96. The maximum Gasteiger partial charge on any atom is 0.0555 e. The summed E-state index contributed by atoms with van der Waals surface area (Å²) in [7, 11) is 0. The van der Waals surface area contributed by atoms with E-state index in [0.717, 1.165) is 6.42 Å². The summed E-state index contributed by atoms with van der Waals surface area (Å²) >= 11 is 0. The van der Waals surface area contributed by atoms with Crippen LogP contribution in [0.25, 0.3) is 5.57 Å². The summed E-state index contributed by atoms with van der Waals surface area (Å²) in [6.07, 6.45) is 7.69. The molecule has 2 aliphatic rings. The van der Waals surface area contributed by atoms with Crippen LogP contribution in [-0.4, -0.2) is 6.04 Å². The van der Waals surface area contributed by atoms with Crippen LogP contribution in [0.1, 0.15) is 12.0 Å². The van der Waals surface area contributed by atoms with Crippen LogP contribution in [0.2, 0.25) is 0 Å². The van der Waals surface area contributed by atoms with Crippen molar-refractivity contribution in [3.8, 4) is 0 Å². The van der Waals surface area contributed by atoms with Gasteiger partial charge in [0.25, 0.3) is 0 Å². The van der Waals surface area contributed by atoms with Crippen LogP contribution in [0.3, 0.4) is 0 Å². The van der Waals surface area contributed by atoms with Gasteiger partial charge in [-0.3, -0.25) is 0 Å². The van der Waals surface area contributed by atoms with Crippen molar-refractivity contribution in [3.05, 3.63) is 48.1 Å². The monoisotopic (exact) mass is 169 g/mol. The molecule has 1 nitrogen and oxygen atoms in total. The first-order valence-corrected chi connectivity index (χ1v) is 4.68. The molecule has 0 bridgehead atoms. The van der Waals surface area contributed by atoms with Gasteiger partial charge in [-0.05, 0) is 18.1 Å². The normalized spacial score (nSPS) is 23.1. The number of allylic oxidation sites excluding steroid dienone is 2. The predicted molar refractivity (Wildman–Crippen MR) is 55.6 cm³/mol. The van der Waals surface area contributed by atoms with Crippen LogP contribution in [0, 0.1) is 0 Å². The third-order valence-corrected chi connectivity index (χ3v) is 2.73. The van der Waals surface area contributed by atoms with Crippen molar-refractivity contribution in [2.45, 2.75) is 12.5 Å². The fraction of sp³-hybridized carbons (Fsp3) is 0.167. The molecule has 1 aliphatic heterocycles. The van der Waals surface area contributed by atoms with E-state index in [4.69, 9.17) is 0 Å². The lowest BCUT2D eigenvalue weighted by atomic mass is 9.96. The summed E-state index contributed by atoms with van der Waals surface area (Å²) in [5, 5.41) is 3.52. The maximum absolute atomic E-state index is 3.52. The molecule has 0 saturated heterocycles. The molecule has 64 valence electrons. The van der Waals surface area contributed by atoms with Crippen molar-refractivity contribution in [1.29, 1.82) is 0 Å². The summed E-state index contributed by atoms with van der Waals surface area (Å²) in [5.74, 6) is 0. The highest BCUT2D eigenvalue weighted by atomic mass is 15.0. The zero-order valence-corrected chi connectivity index (χ0v) is 7.33. The molecule has 0 spiro atoms. The molecule has 1 aromatic carbocycles. The highest BCUT2D eigenvalue weighted by Crippen LogP contribution is 2.37. The minimum absolute atomic E-state index is 0.516.